The number of amides is 2. The first-order valence-electron chi connectivity index (χ1n) is 6.38. The van der Waals surface area contributed by atoms with E-state index in [1.54, 1.807) is 0 Å². The van der Waals surface area contributed by atoms with Gasteiger partial charge in [0.2, 0.25) is 5.82 Å². The number of hydrogen-bond acceptors (Lipinski definition) is 4. The Morgan fingerprint density at radius 3 is 2.36 bits per heavy atom. The van der Waals surface area contributed by atoms with Gasteiger partial charge < -0.3 is 4.90 Å². The van der Waals surface area contributed by atoms with Crippen LogP contribution in [0.15, 0.2) is 18.2 Å². The molecule has 1 saturated heterocycles. The molecule has 0 N–H and O–H groups in total. The molecule has 0 bridgehead atoms. The van der Waals surface area contributed by atoms with Crippen LogP contribution in [0.3, 0.4) is 0 Å². The van der Waals surface area contributed by atoms with E-state index in [0.717, 1.165) is 12.1 Å². The Morgan fingerprint density at radius 2 is 1.82 bits per heavy atom. The van der Waals surface area contributed by atoms with Gasteiger partial charge in [-0.15, -0.1) is 0 Å². The molecule has 0 spiro atoms. The summed E-state index contributed by atoms with van der Waals surface area (Å²) in [6.07, 6.45) is -0.579. The zero-order valence-corrected chi connectivity index (χ0v) is 11.5. The molecular weight excluding hydrogens is 297 g/mol. The van der Waals surface area contributed by atoms with Gasteiger partial charge in [0.25, 0.3) is 5.91 Å². The minimum Gasteiger partial charge on any atom is -0.335 e. The highest BCUT2D eigenvalue weighted by Gasteiger charge is 2.31. The molecule has 1 fully saturated rings. The van der Waals surface area contributed by atoms with Crippen molar-refractivity contribution in [3.63, 3.8) is 0 Å². The van der Waals surface area contributed by atoms with E-state index in [-0.39, 0.29) is 31.7 Å². The van der Waals surface area contributed by atoms with E-state index in [0.29, 0.717) is 0 Å². The van der Waals surface area contributed by atoms with Crippen LogP contribution in [0.2, 0.25) is 0 Å². The molecule has 8 nitrogen and oxygen atoms in total. The van der Waals surface area contributed by atoms with Crippen molar-refractivity contribution in [3.8, 4) is 0 Å². The number of benzene rings is 1. The average molecular weight is 310 g/mol. The summed E-state index contributed by atoms with van der Waals surface area (Å²) in [6, 6.07) is 3.00. The quantitative estimate of drug-likeness (QED) is 0.462. The number of carbonyl (C=O) groups excluding carboxylic acids is 3. The second kappa shape index (κ2) is 6.29. The second-order valence-corrected chi connectivity index (χ2v) is 4.61. The van der Waals surface area contributed by atoms with Crippen LogP contribution >= 0.6 is 0 Å². The van der Waals surface area contributed by atoms with Gasteiger partial charge in [-0.2, -0.15) is 4.39 Å². The van der Waals surface area contributed by atoms with Crippen LogP contribution < -0.4 is 0 Å². The Kier molecular flexibility index (Phi) is 4.44. The lowest BCUT2D eigenvalue weighted by atomic mass is 10.1. The van der Waals surface area contributed by atoms with Crippen LogP contribution in [-0.4, -0.2) is 59.7 Å². The van der Waals surface area contributed by atoms with Gasteiger partial charge in [-0.25, -0.2) is 4.90 Å². The molecule has 9 heteroatoms. The highest BCUT2D eigenvalue weighted by atomic mass is 19.1. The maximum atomic E-state index is 13.3. The summed E-state index contributed by atoms with van der Waals surface area (Å²) in [5, 5.41) is 10.7. The molecule has 1 aliphatic rings. The van der Waals surface area contributed by atoms with Gasteiger partial charge in [-0.05, 0) is 12.1 Å². The minimum absolute atomic E-state index is 0.0290. The molecule has 116 valence electrons. The maximum Gasteiger partial charge on any atom is 0.693 e. The molecular formula is C13H13FN3O5+. The molecule has 22 heavy (non-hydrogen) atoms. The van der Waals surface area contributed by atoms with E-state index in [1.807, 2.05) is 0 Å². The van der Waals surface area contributed by atoms with E-state index in [4.69, 9.17) is 0 Å². The van der Waals surface area contributed by atoms with Crippen molar-refractivity contribution < 1.29 is 23.3 Å². The van der Waals surface area contributed by atoms with Crippen molar-refractivity contribution in [2.75, 3.05) is 26.2 Å². The third kappa shape index (κ3) is 3.08. The first kappa shape index (κ1) is 15.5. The molecule has 0 radical (unpaired) electrons. The fourth-order valence-electron chi connectivity index (χ4n) is 2.15. The molecule has 0 saturated carbocycles. The topological polar surface area (TPSA) is 95.1 Å². The molecule has 0 aliphatic carbocycles. The Labute approximate surface area is 124 Å². The highest BCUT2D eigenvalue weighted by Crippen LogP contribution is 2.20. The van der Waals surface area contributed by atoms with Crippen molar-refractivity contribution in [3.05, 3.63) is 39.7 Å². The number of nitrogens with zero attached hydrogens (tertiary/aromatic N) is 3. The number of piperazine rings is 1. The minimum atomic E-state index is -0.996. The summed E-state index contributed by atoms with van der Waals surface area (Å²) in [5.74, 6) is -1.45. The van der Waals surface area contributed by atoms with Gasteiger partial charge in [-0.3, -0.25) is 19.3 Å². The predicted molar refractivity (Wildman–Crippen MR) is 73.0 cm³/mol. The molecule has 0 unspecified atom stereocenters. The number of rotatable bonds is 2. The summed E-state index contributed by atoms with van der Waals surface area (Å²) >= 11 is 0. The first-order chi connectivity index (χ1) is 10.4. The van der Waals surface area contributed by atoms with E-state index in [2.05, 4.69) is 11.2 Å². The standard InChI is InChI=1S/C13H13FN3O5/c1-22-13(19)16-6-4-15(5-7-16)12(18)9-2-3-10(14)11(8-9)17(20)21/h2-3,8H,1,4-7H2/q+1. The van der Waals surface area contributed by atoms with E-state index in [9.17, 15) is 24.1 Å². The van der Waals surface area contributed by atoms with Crippen molar-refractivity contribution in [2.24, 2.45) is 0 Å². The molecule has 1 aromatic carbocycles. The third-order valence-electron chi connectivity index (χ3n) is 3.34. The summed E-state index contributed by atoms with van der Waals surface area (Å²) in [5.41, 5.74) is -0.716. The fraction of sp³-hybridized carbons (Fsp3) is 0.308. The van der Waals surface area contributed by atoms with Crippen molar-refractivity contribution in [1.82, 2.24) is 9.80 Å². The zero-order chi connectivity index (χ0) is 16.3. The van der Waals surface area contributed by atoms with E-state index in [1.165, 1.54) is 15.9 Å². The van der Waals surface area contributed by atoms with Gasteiger partial charge in [0.1, 0.15) is 0 Å². The fourth-order valence-corrected chi connectivity index (χ4v) is 2.15. The van der Waals surface area contributed by atoms with E-state index >= 15 is 0 Å². The van der Waals surface area contributed by atoms with Crippen LogP contribution in [0, 0.1) is 15.9 Å². The zero-order valence-electron chi connectivity index (χ0n) is 11.5. The summed E-state index contributed by atoms with van der Waals surface area (Å²) in [7, 11) is 0. The van der Waals surface area contributed by atoms with Crippen LogP contribution in [0.5, 0.6) is 0 Å². The van der Waals surface area contributed by atoms with Crippen molar-refractivity contribution in [1.29, 1.82) is 0 Å². The highest BCUT2D eigenvalue weighted by molar-refractivity contribution is 5.95. The number of nitro benzene ring substituents is 1. The maximum absolute atomic E-state index is 13.3. The third-order valence-corrected chi connectivity index (χ3v) is 3.34. The molecule has 2 rings (SSSR count). The second-order valence-electron chi connectivity index (χ2n) is 4.61. The smallest absolute Gasteiger partial charge is 0.335 e. The predicted octanol–water partition coefficient (Wildman–Crippen LogP) is 0.976. The summed E-state index contributed by atoms with van der Waals surface area (Å²) in [4.78, 5) is 36.2. The molecule has 0 atom stereocenters. The molecule has 1 heterocycles. The first-order valence-corrected chi connectivity index (χ1v) is 6.38. The number of halogens is 1. The SMILES string of the molecule is C=[O+]C(=O)N1CCN(C(=O)c2ccc(F)c([N+](=O)[O-])c2)CC1. The number of carbonyl (C=O) groups is 2. The van der Waals surface area contributed by atoms with Gasteiger partial charge in [-0.1, -0.05) is 0 Å². The van der Waals surface area contributed by atoms with Crippen LogP contribution in [0.4, 0.5) is 14.9 Å². The van der Waals surface area contributed by atoms with Gasteiger partial charge in [0.15, 0.2) is 6.79 Å². The monoisotopic (exact) mass is 310 g/mol. The number of hydrogen-bond donors (Lipinski definition) is 0. The molecule has 1 aliphatic heterocycles. The molecule has 0 aromatic heterocycles. The van der Waals surface area contributed by atoms with Gasteiger partial charge in [0.05, 0.1) is 9.72 Å². The van der Waals surface area contributed by atoms with E-state index < -0.39 is 28.4 Å². The van der Waals surface area contributed by atoms with Crippen LogP contribution in [0.25, 0.3) is 0 Å². The average Bonchev–Trinajstić information content (AvgIpc) is 2.53. The largest absolute Gasteiger partial charge is 0.693 e. The van der Waals surface area contributed by atoms with Gasteiger partial charge in [0, 0.05) is 37.8 Å². The lowest BCUT2D eigenvalue weighted by molar-refractivity contribution is -0.387. The van der Waals surface area contributed by atoms with Crippen LogP contribution in [0.1, 0.15) is 10.4 Å². The lowest BCUT2D eigenvalue weighted by Crippen LogP contribution is -2.50. The summed E-state index contributed by atoms with van der Waals surface area (Å²) in [6.45, 7) is 4.06. The van der Waals surface area contributed by atoms with Crippen LogP contribution in [-0.2, 0) is 4.42 Å². The van der Waals surface area contributed by atoms with Gasteiger partial charge >= 0.3 is 11.8 Å². The molecule has 2 amide bonds. The Hall–Kier alpha value is -2.84. The van der Waals surface area contributed by atoms with Crippen molar-refractivity contribution in [2.45, 2.75) is 0 Å². The Bertz CT molecular complexity index is 641. The lowest BCUT2D eigenvalue weighted by Gasteiger charge is -2.30. The molecule has 1 aromatic rings. The normalized spacial score (nSPS) is 14.6. The van der Waals surface area contributed by atoms with Crippen molar-refractivity contribution >= 4 is 24.5 Å². The number of nitro groups is 1. The summed E-state index contributed by atoms with van der Waals surface area (Å²) < 4.78 is 17.6. The Morgan fingerprint density at radius 1 is 1.23 bits per heavy atom. The Balaban J connectivity index is 2.10.